The van der Waals surface area contributed by atoms with Crippen LogP contribution < -0.4 is 9.47 Å². The van der Waals surface area contributed by atoms with E-state index < -0.39 is 42.3 Å². The van der Waals surface area contributed by atoms with Crippen LogP contribution in [0.1, 0.15) is 49.9 Å². The van der Waals surface area contributed by atoms with Crippen LogP contribution in [0, 0.1) is 0 Å². The van der Waals surface area contributed by atoms with Crippen molar-refractivity contribution >= 4 is 22.6 Å². The summed E-state index contributed by atoms with van der Waals surface area (Å²) in [6, 6.07) is 32.1. The Morgan fingerprint density at radius 2 is 1.29 bits per heavy atom. The van der Waals surface area contributed by atoms with Crippen molar-refractivity contribution < 1.29 is 42.1 Å². The second kappa shape index (κ2) is 12.8. The standard InChI is InChI=1S/C38H30F3NO6/c39-38(40,41)35-33(43)30(42-36(44)27-14-7-8-15-28(27)37(42)45)20-32(48-35)29-19-18-25-26(34(29)47-22-24-12-5-2-6-13-24)16-9-17-31(25)46-21-23-10-3-1-4-11-23/h1-19,30,32-33,35,43H,20-22H2/t30-,32-,33+,35+/m0/s1. The van der Waals surface area contributed by atoms with Crippen molar-refractivity contribution in [3.8, 4) is 11.5 Å². The molecule has 0 aromatic heterocycles. The molecular formula is C38H30F3NO6. The van der Waals surface area contributed by atoms with Crippen LogP contribution in [0.15, 0.2) is 115 Å². The average Bonchev–Trinajstić information content (AvgIpc) is 3.35. The Labute approximate surface area is 274 Å². The van der Waals surface area contributed by atoms with Gasteiger partial charge in [-0.1, -0.05) is 97.1 Å². The van der Waals surface area contributed by atoms with Crippen molar-refractivity contribution in [3.63, 3.8) is 0 Å². The molecule has 0 bridgehead atoms. The first kappa shape index (κ1) is 31.4. The van der Waals surface area contributed by atoms with Crippen molar-refractivity contribution in [1.29, 1.82) is 0 Å². The van der Waals surface area contributed by atoms with Gasteiger partial charge in [-0.25, -0.2) is 0 Å². The molecule has 10 heteroatoms. The third kappa shape index (κ3) is 5.89. The number of imide groups is 1. The Morgan fingerprint density at radius 3 is 1.90 bits per heavy atom. The fraction of sp³-hybridized carbons (Fsp3) is 0.211. The minimum atomic E-state index is -5.00. The van der Waals surface area contributed by atoms with E-state index >= 15 is 0 Å². The molecule has 5 aromatic rings. The number of amides is 2. The molecule has 5 aromatic carbocycles. The molecule has 0 aliphatic carbocycles. The number of aliphatic hydroxyl groups is 1. The van der Waals surface area contributed by atoms with Gasteiger partial charge in [0.05, 0.1) is 23.3 Å². The Bertz CT molecular complexity index is 1930. The number of aliphatic hydroxyl groups excluding tert-OH is 1. The Balaban J connectivity index is 1.30. The maximum absolute atomic E-state index is 14.5. The first-order valence-electron chi connectivity index (χ1n) is 15.5. The number of nitrogens with zero attached hydrogens (tertiary/aromatic N) is 1. The molecule has 2 heterocycles. The van der Waals surface area contributed by atoms with E-state index in [1.807, 2.05) is 60.7 Å². The molecule has 1 fully saturated rings. The molecule has 2 amide bonds. The Morgan fingerprint density at radius 1 is 0.708 bits per heavy atom. The number of carbonyl (C=O) groups is 2. The SMILES string of the molecule is O=C1c2ccccc2C(=O)N1[C@H]1C[C@@H](c2ccc3c(OCc4ccccc4)cccc3c2OCc2ccccc2)O[C@@H](C(F)(F)F)[C@@H]1O. The molecule has 48 heavy (non-hydrogen) atoms. The van der Waals surface area contributed by atoms with Crippen molar-refractivity contribution in [2.45, 2.75) is 50.2 Å². The van der Waals surface area contributed by atoms with Gasteiger partial charge in [-0.05, 0) is 29.3 Å². The molecule has 244 valence electrons. The van der Waals surface area contributed by atoms with E-state index in [1.54, 1.807) is 42.5 Å². The highest BCUT2D eigenvalue weighted by Crippen LogP contribution is 2.46. The number of ether oxygens (including phenoxy) is 3. The third-order valence-electron chi connectivity index (χ3n) is 8.76. The quantitative estimate of drug-likeness (QED) is 0.176. The van der Waals surface area contributed by atoms with Gasteiger partial charge in [0.1, 0.15) is 30.8 Å². The number of halogens is 3. The number of hydrogen-bond donors (Lipinski definition) is 1. The summed E-state index contributed by atoms with van der Waals surface area (Å²) < 4.78 is 61.6. The second-order valence-electron chi connectivity index (χ2n) is 11.8. The lowest BCUT2D eigenvalue weighted by Gasteiger charge is -2.43. The number of alkyl halides is 3. The molecule has 1 N–H and O–H groups in total. The zero-order valence-electron chi connectivity index (χ0n) is 25.5. The number of fused-ring (bicyclic) bond motifs is 2. The van der Waals surface area contributed by atoms with E-state index in [9.17, 15) is 27.9 Å². The Hall–Kier alpha value is -5.19. The summed E-state index contributed by atoms with van der Waals surface area (Å²) in [7, 11) is 0. The summed E-state index contributed by atoms with van der Waals surface area (Å²) in [4.78, 5) is 27.5. The fourth-order valence-electron chi connectivity index (χ4n) is 6.44. The minimum absolute atomic E-state index is 0.0712. The van der Waals surface area contributed by atoms with Crippen LogP contribution in [0.2, 0.25) is 0 Å². The fourth-order valence-corrected chi connectivity index (χ4v) is 6.44. The zero-order chi connectivity index (χ0) is 33.4. The molecule has 0 unspecified atom stereocenters. The van der Waals surface area contributed by atoms with E-state index in [4.69, 9.17) is 14.2 Å². The van der Waals surface area contributed by atoms with Crippen molar-refractivity contribution in [2.24, 2.45) is 0 Å². The predicted octanol–water partition coefficient (Wildman–Crippen LogP) is 7.42. The van der Waals surface area contributed by atoms with Crippen LogP contribution in [0.5, 0.6) is 11.5 Å². The molecule has 0 spiro atoms. The molecule has 7 rings (SSSR count). The maximum atomic E-state index is 14.5. The average molecular weight is 654 g/mol. The highest BCUT2D eigenvalue weighted by atomic mass is 19.4. The molecule has 2 aliphatic heterocycles. The molecule has 0 saturated carbocycles. The second-order valence-corrected chi connectivity index (χ2v) is 11.8. The summed E-state index contributed by atoms with van der Waals surface area (Å²) in [5, 5.41) is 12.3. The molecule has 1 saturated heterocycles. The monoisotopic (exact) mass is 653 g/mol. The van der Waals surface area contributed by atoms with Crippen LogP contribution >= 0.6 is 0 Å². The van der Waals surface area contributed by atoms with Gasteiger partial charge in [-0.15, -0.1) is 0 Å². The molecule has 7 nitrogen and oxygen atoms in total. The number of rotatable bonds is 8. The van der Waals surface area contributed by atoms with Crippen LogP contribution in [0.3, 0.4) is 0 Å². The van der Waals surface area contributed by atoms with E-state index in [2.05, 4.69) is 0 Å². The summed E-state index contributed by atoms with van der Waals surface area (Å²) in [5.74, 6) is -0.713. The number of hydrogen-bond acceptors (Lipinski definition) is 6. The summed E-state index contributed by atoms with van der Waals surface area (Å²) in [6.45, 7) is 0.392. The Kier molecular flexibility index (Phi) is 8.36. The van der Waals surface area contributed by atoms with E-state index in [1.165, 1.54) is 12.1 Å². The van der Waals surface area contributed by atoms with Gasteiger partial charge < -0.3 is 19.3 Å². The van der Waals surface area contributed by atoms with Crippen molar-refractivity contribution in [2.75, 3.05) is 0 Å². The summed E-state index contributed by atoms with van der Waals surface area (Å²) in [5.41, 5.74) is 2.21. The van der Waals surface area contributed by atoms with Crippen molar-refractivity contribution in [3.05, 3.63) is 143 Å². The largest absolute Gasteiger partial charge is 0.488 e. The van der Waals surface area contributed by atoms with Crippen LogP contribution in [0.4, 0.5) is 13.2 Å². The highest BCUT2D eigenvalue weighted by Gasteiger charge is 2.56. The van der Waals surface area contributed by atoms with Gasteiger partial charge in [0.25, 0.3) is 11.8 Å². The van der Waals surface area contributed by atoms with E-state index in [0.717, 1.165) is 16.0 Å². The normalized spacial score (nSPS) is 21.0. The topological polar surface area (TPSA) is 85.3 Å². The van der Waals surface area contributed by atoms with Gasteiger partial charge in [-0.2, -0.15) is 13.2 Å². The minimum Gasteiger partial charge on any atom is -0.488 e. The lowest BCUT2D eigenvalue weighted by Crippen LogP contribution is -2.59. The lowest BCUT2D eigenvalue weighted by molar-refractivity contribution is -0.282. The molecule has 0 radical (unpaired) electrons. The highest BCUT2D eigenvalue weighted by molar-refractivity contribution is 6.21. The van der Waals surface area contributed by atoms with Crippen LogP contribution in [0.25, 0.3) is 10.8 Å². The van der Waals surface area contributed by atoms with Gasteiger partial charge in [0.15, 0.2) is 6.10 Å². The zero-order valence-corrected chi connectivity index (χ0v) is 25.5. The van der Waals surface area contributed by atoms with Crippen molar-refractivity contribution in [1.82, 2.24) is 4.90 Å². The third-order valence-corrected chi connectivity index (χ3v) is 8.76. The first-order valence-corrected chi connectivity index (χ1v) is 15.5. The van der Waals surface area contributed by atoms with Gasteiger partial charge in [0.2, 0.25) is 0 Å². The smallest absolute Gasteiger partial charge is 0.417 e. The molecule has 4 atom stereocenters. The van der Waals surface area contributed by atoms with E-state index in [-0.39, 0.29) is 35.5 Å². The lowest BCUT2D eigenvalue weighted by atomic mass is 9.89. The summed E-state index contributed by atoms with van der Waals surface area (Å²) >= 11 is 0. The molecular weight excluding hydrogens is 623 g/mol. The predicted molar refractivity (Wildman–Crippen MR) is 171 cm³/mol. The number of benzene rings is 5. The summed E-state index contributed by atoms with van der Waals surface area (Å²) in [6.07, 6.45) is -11.5. The molecule has 2 aliphatic rings. The van der Waals surface area contributed by atoms with E-state index in [0.29, 0.717) is 23.1 Å². The van der Waals surface area contributed by atoms with Crippen LogP contribution in [-0.4, -0.2) is 46.2 Å². The van der Waals surface area contributed by atoms with Gasteiger partial charge in [0, 0.05) is 22.8 Å². The van der Waals surface area contributed by atoms with Crippen LogP contribution in [-0.2, 0) is 18.0 Å². The number of carbonyl (C=O) groups excluding carboxylic acids is 2. The maximum Gasteiger partial charge on any atom is 0.417 e. The van der Waals surface area contributed by atoms with Gasteiger partial charge >= 0.3 is 6.18 Å². The first-order chi connectivity index (χ1) is 23.2. The van der Waals surface area contributed by atoms with Gasteiger partial charge in [-0.3, -0.25) is 14.5 Å².